The minimum atomic E-state index is -1.40. The zero-order valence-electron chi connectivity index (χ0n) is 17.4. The number of carbonyl (C=O) groups is 1. The van der Waals surface area contributed by atoms with Gasteiger partial charge in [0.15, 0.2) is 17.3 Å². The Balaban J connectivity index is 1.93. The average Bonchev–Trinajstić information content (AvgIpc) is 3.34. The second kappa shape index (κ2) is 5.92. The molecule has 1 aromatic rings. The molecule has 4 aliphatic rings. The fourth-order valence-corrected chi connectivity index (χ4v) is 6.01. The first-order valence-corrected chi connectivity index (χ1v) is 9.76. The molecule has 0 radical (unpaired) electrons. The highest BCUT2D eigenvalue weighted by molar-refractivity contribution is 6.10. The van der Waals surface area contributed by atoms with E-state index in [-0.39, 0.29) is 24.1 Å². The van der Waals surface area contributed by atoms with Crippen molar-refractivity contribution >= 4 is 5.78 Å². The third-order valence-electron chi connectivity index (χ3n) is 7.55. The van der Waals surface area contributed by atoms with E-state index in [1.165, 1.54) is 21.3 Å². The summed E-state index contributed by atoms with van der Waals surface area (Å²) in [5, 5.41) is 22.8. The largest absolute Gasteiger partial charge is 0.493 e. The molecule has 1 aliphatic heterocycles. The van der Waals surface area contributed by atoms with E-state index < -0.39 is 29.0 Å². The molecule has 0 saturated heterocycles. The number of ether oxygens (including phenoxy) is 5. The predicted octanol–water partition coefficient (Wildman–Crippen LogP) is 1.74. The number of aliphatic hydroxyl groups excluding tert-OH is 2. The summed E-state index contributed by atoms with van der Waals surface area (Å²) in [6.45, 7) is 3.67. The summed E-state index contributed by atoms with van der Waals surface area (Å²) in [6, 6.07) is 1.70. The molecule has 160 valence electrons. The van der Waals surface area contributed by atoms with Crippen molar-refractivity contribution in [3.8, 4) is 17.2 Å². The van der Waals surface area contributed by atoms with Gasteiger partial charge in [0.1, 0.15) is 0 Å². The highest BCUT2D eigenvalue weighted by Gasteiger charge is 2.76. The van der Waals surface area contributed by atoms with Crippen LogP contribution < -0.4 is 14.2 Å². The molecule has 0 amide bonds. The molecule has 5 rings (SSSR count). The molecule has 3 aliphatic carbocycles. The number of fused-ring (bicyclic) bond motifs is 2. The first-order chi connectivity index (χ1) is 14.3. The Bertz CT molecular complexity index is 1040. The second-order valence-corrected chi connectivity index (χ2v) is 8.31. The number of carbonyl (C=O) groups excluding carboxylic acids is 1. The first kappa shape index (κ1) is 19.3. The Hall–Kier alpha value is -2.71. The van der Waals surface area contributed by atoms with Crippen LogP contribution in [0.15, 0.2) is 29.2 Å². The molecule has 1 fully saturated rings. The fourth-order valence-electron chi connectivity index (χ4n) is 6.01. The molecule has 1 spiro atoms. The van der Waals surface area contributed by atoms with Crippen LogP contribution in [0.25, 0.3) is 0 Å². The number of hydrogen-bond acceptors (Lipinski definition) is 8. The van der Waals surface area contributed by atoms with Crippen molar-refractivity contribution in [1.82, 2.24) is 0 Å². The van der Waals surface area contributed by atoms with Gasteiger partial charge in [-0.15, -0.1) is 0 Å². The lowest BCUT2D eigenvalue weighted by molar-refractivity contribution is -0.130. The summed E-state index contributed by atoms with van der Waals surface area (Å²) >= 11 is 0. The lowest BCUT2D eigenvalue weighted by Crippen LogP contribution is -2.50. The first-order valence-electron chi connectivity index (χ1n) is 9.76. The van der Waals surface area contributed by atoms with E-state index in [4.69, 9.17) is 23.7 Å². The molecule has 5 atom stereocenters. The Labute approximate surface area is 173 Å². The Morgan fingerprint density at radius 1 is 1.13 bits per heavy atom. The molecule has 0 bridgehead atoms. The Kier molecular flexibility index (Phi) is 3.80. The van der Waals surface area contributed by atoms with Gasteiger partial charge in [0.05, 0.1) is 39.0 Å². The molecular formula is C22H24O8. The topological polar surface area (TPSA) is 104 Å². The van der Waals surface area contributed by atoms with Crippen LogP contribution in [-0.2, 0) is 19.7 Å². The minimum Gasteiger partial charge on any atom is -0.493 e. The number of rotatable bonds is 3. The fraction of sp³-hybridized carbons (Fsp3) is 0.500. The van der Waals surface area contributed by atoms with Crippen molar-refractivity contribution in [1.29, 1.82) is 0 Å². The number of Topliss-reactive ketones (excluding diaryl/α,β-unsaturated/α-hetero) is 1. The summed E-state index contributed by atoms with van der Waals surface area (Å²) < 4.78 is 27.7. The lowest BCUT2D eigenvalue weighted by Gasteiger charge is -2.43. The van der Waals surface area contributed by atoms with Gasteiger partial charge in [0.2, 0.25) is 24.1 Å². The van der Waals surface area contributed by atoms with Gasteiger partial charge in [-0.05, 0) is 29.2 Å². The van der Waals surface area contributed by atoms with E-state index in [1.54, 1.807) is 12.1 Å². The summed E-state index contributed by atoms with van der Waals surface area (Å²) in [7, 11) is 4.32. The lowest BCUT2D eigenvalue weighted by atomic mass is 9.58. The molecule has 0 aromatic heterocycles. The van der Waals surface area contributed by atoms with Crippen LogP contribution in [0.1, 0.15) is 31.1 Å². The van der Waals surface area contributed by atoms with Crippen LogP contribution in [0.5, 0.6) is 17.2 Å². The van der Waals surface area contributed by atoms with Crippen LogP contribution in [0, 0.1) is 11.3 Å². The third-order valence-corrected chi connectivity index (χ3v) is 7.55. The van der Waals surface area contributed by atoms with Gasteiger partial charge in [-0.25, -0.2) is 0 Å². The van der Waals surface area contributed by atoms with E-state index in [0.717, 1.165) is 0 Å². The van der Waals surface area contributed by atoms with Crippen LogP contribution in [-0.4, -0.2) is 50.2 Å². The quantitative estimate of drug-likeness (QED) is 0.768. The summed E-state index contributed by atoms with van der Waals surface area (Å²) in [4.78, 5) is 14.1. The standard InChI is InChI=1S/C22H24O8/c1-9-15(23)11-7-12(26-3)17(27-4)20(25)22(11)14-10(19(24)21(9,22)2)6-13-16(18(14)28-5)30-8-29-13/h6-7,9,15,19,23-24H,8H2,1-5H3/t9-,15+,19+,21-,22+/m1/s1. The number of ketones is 1. The maximum absolute atomic E-state index is 14.1. The second-order valence-electron chi connectivity index (χ2n) is 8.31. The van der Waals surface area contributed by atoms with Gasteiger partial charge < -0.3 is 33.9 Å². The van der Waals surface area contributed by atoms with Crippen molar-refractivity contribution in [3.05, 3.63) is 40.4 Å². The van der Waals surface area contributed by atoms with Crippen molar-refractivity contribution in [2.45, 2.75) is 31.5 Å². The van der Waals surface area contributed by atoms with Crippen LogP contribution >= 0.6 is 0 Å². The van der Waals surface area contributed by atoms with Crippen LogP contribution in [0.3, 0.4) is 0 Å². The van der Waals surface area contributed by atoms with Gasteiger partial charge in [-0.3, -0.25) is 4.79 Å². The van der Waals surface area contributed by atoms with E-state index in [2.05, 4.69) is 0 Å². The number of hydrogen-bond donors (Lipinski definition) is 2. The molecule has 1 heterocycles. The SMILES string of the molecule is COC1=C(OC)C(=O)[C@@]23C(=C1)[C@@H](O)[C@@H](C)[C@]2(C)[C@@H](O)c1cc2c(c(OC)c13)OCO2. The minimum absolute atomic E-state index is 0.0155. The van der Waals surface area contributed by atoms with Gasteiger partial charge in [-0.2, -0.15) is 0 Å². The molecule has 0 unspecified atom stereocenters. The van der Waals surface area contributed by atoms with Crippen LogP contribution in [0.4, 0.5) is 0 Å². The Morgan fingerprint density at radius 2 is 1.87 bits per heavy atom. The number of benzene rings is 1. The van der Waals surface area contributed by atoms with Gasteiger partial charge in [-0.1, -0.05) is 13.8 Å². The summed E-state index contributed by atoms with van der Waals surface area (Å²) in [6.07, 6.45) is -0.378. The van der Waals surface area contributed by atoms with Crippen molar-refractivity contribution in [2.75, 3.05) is 28.1 Å². The van der Waals surface area contributed by atoms with Crippen molar-refractivity contribution in [2.24, 2.45) is 11.3 Å². The maximum Gasteiger partial charge on any atom is 0.231 e. The number of aliphatic hydroxyl groups is 2. The molecule has 2 N–H and O–H groups in total. The zero-order chi connectivity index (χ0) is 21.6. The summed E-state index contributed by atoms with van der Waals surface area (Å²) in [5.74, 6) is 0.580. The number of methoxy groups -OCH3 is 3. The van der Waals surface area contributed by atoms with E-state index >= 15 is 0 Å². The summed E-state index contributed by atoms with van der Waals surface area (Å²) in [5.41, 5.74) is -1.01. The maximum atomic E-state index is 14.1. The Morgan fingerprint density at radius 3 is 2.50 bits per heavy atom. The number of allylic oxidation sites excluding steroid dienone is 2. The van der Waals surface area contributed by atoms with E-state index in [9.17, 15) is 15.0 Å². The normalized spacial score (nSPS) is 35.6. The molecular weight excluding hydrogens is 392 g/mol. The predicted molar refractivity (Wildman–Crippen MR) is 103 cm³/mol. The highest BCUT2D eigenvalue weighted by Crippen LogP contribution is 2.74. The van der Waals surface area contributed by atoms with E-state index in [1.807, 2.05) is 13.8 Å². The zero-order valence-corrected chi connectivity index (χ0v) is 17.4. The van der Waals surface area contributed by atoms with Crippen molar-refractivity contribution < 1.29 is 38.7 Å². The molecule has 1 saturated carbocycles. The van der Waals surface area contributed by atoms with Crippen molar-refractivity contribution in [3.63, 3.8) is 0 Å². The van der Waals surface area contributed by atoms with Gasteiger partial charge >= 0.3 is 0 Å². The monoisotopic (exact) mass is 416 g/mol. The molecule has 1 aromatic carbocycles. The average molecular weight is 416 g/mol. The van der Waals surface area contributed by atoms with Gasteiger partial charge in [0, 0.05) is 11.0 Å². The van der Waals surface area contributed by atoms with Gasteiger partial charge in [0.25, 0.3) is 0 Å². The molecule has 30 heavy (non-hydrogen) atoms. The third kappa shape index (κ3) is 1.75. The molecule has 8 heteroatoms. The van der Waals surface area contributed by atoms with Crippen LogP contribution in [0.2, 0.25) is 0 Å². The van der Waals surface area contributed by atoms with E-state index in [0.29, 0.717) is 33.9 Å². The smallest absolute Gasteiger partial charge is 0.231 e. The highest BCUT2D eigenvalue weighted by atomic mass is 16.7. The molecule has 8 nitrogen and oxygen atoms in total.